The lowest BCUT2D eigenvalue weighted by atomic mass is 10.3. The van der Waals surface area contributed by atoms with Gasteiger partial charge in [-0.25, -0.2) is 0 Å². The molecule has 17 heavy (non-hydrogen) atoms. The fraction of sp³-hybridized carbons (Fsp3) is 0.300. The first-order valence-corrected chi connectivity index (χ1v) is 6.26. The van der Waals surface area contributed by atoms with Crippen LogP contribution in [0.15, 0.2) is 10.8 Å². The zero-order valence-electron chi connectivity index (χ0n) is 9.40. The molecule has 1 amide bonds. The highest BCUT2D eigenvalue weighted by molar-refractivity contribution is 7.08. The van der Waals surface area contributed by atoms with Crippen molar-refractivity contribution in [1.29, 1.82) is 0 Å². The van der Waals surface area contributed by atoms with Crippen LogP contribution >= 0.6 is 22.9 Å². The summed E-state index contributed by atoms with van der Waals surface area (Å²) in [6.45, 7) is 2.20. The first kappa shape index (κ1) is 12.1. The lowest BCUT2D eigenvalue weighted by molar-refractivity contribution is 0.0945. The van der Waals surface area contributed by atoms with Crippen molar-refractivity contribution >= 4 is 28.8 Å². The van der Waals surface area contributed by atoms with Gasteiger partial charge in [0.1, 0.15) is 0 Å². The quantitative estimate of drug-likeness (QED) is 0.925. The SMILES string of the molecule is Cc1c(C(=O)NCc2cscc2Cl)nnn1C. The Bertz CT molecular complexity index is 548. The van der Waals surface area contributed by atoms with Crippen LogP contribution in [0, 0.1) is 6.92 Å². The predicted octanol–water partition coefficient (Wildman–Crippen LogP) is 1.77. The second-order valence-electron chi connectivity index (χ2n) is 3.57. The molecule has 0 unspecified atom stereocenters. The van der Waals surface area contributed by atoms with Gasteiger partial charge in [0.2, 0.25) is 0 Å². The third-order valence-corrected chi connectivity index (χ3v) is 3.72. The molecule has 0 bridgehead atoms. The van der Waals surface area contributed by atoms with Gasteiger partial charge in [-0.2, -0.15) is 11.3 Å². The summed E-state index contributed by atoms with van der Waals surface area (Å²) in [6.07, 6.45) is 0. The second-order valence-corrected chi connectivity index (χ2v) is 4.73. The van der Waals surface area contributed by atoms with E-state index in [2.05, 4.69) is 15.6 Å². The van der Waals surface area contributed by atoms with Crippen molar-refractivity contribution in [3.63, 3.8) is 0 Å². The molecule has 0 saturated heterocycles. The molecule has 2 aromatic heterocycles. The lowest BCUT2D eigenvalue weighted by Crippen LogP contribution is -2.24. The summed E-state index contributed by atoms with van der Waals surface area (Å²) in [4.78, 5) is 11.8. The van der Waals surface area contributed by atoms with Gasteiger partial charge >= 0.3 is 0 Å². The Balaban J connectivity index is 2.03. The minimum absolute atomic E-state index is 0.238. The number of aromatic nitrogens is 3. The standard InChI is InChI=1S/C10H11ClN4OS/c1-6-9(13-14-15(6)2)10(16)12-3-7-4-17-5-8(7)11/h4-5H,3H2,1-2H3,(H,12,16). The van der Waals surface area contributed by atoms with Gasteiger partial charge in [-0.1, -0.05) is 16.8 Å². The fourth-order valence-electron chi connectivity index (χ4n) is 1.31. The number of hydrogen-bond acceptors (Lipinski definition) is 4. The summed E-state index contributed by atoms with van der Waals surface area (Å²) in [6, 6.07) is 0. The average molecular weight is 271 g/mol. The van der Waals surface area contributed by atoms with Gasteiger partial charge in [0, 0.05) is 24.5 Å². The number of amides is 1. The van der Waals surface area contributed by atoms with Crippen molar-refractivity contribution in [2.45, 2.75) is 13.5 Å². The summed E-state index contributed by atoms with van der Waals surface area (Å²) >= 11 is 7.44. The van der Waals surface area contributed by atoms with Gasteiger partial charge in [0.05, 0.1) is 10.7 Å². The van der Waals surface area contributed by atoms with Gasteiger partial charge in [-0.3, -0.25) is 9.48 Å². The number of nitrogens with one attached hydrogen (secondary N) is 1. The smallest absolute Gasteiger partial charge is 0.274 e. The highest BCUT2D eigenvalue weighted by Crippen LogP contribution is 2.20. The molecule has 0 atom stereocenters. The lowest BCUT2D eigenvalue weighted by Gasteiger charge is -2.02. The van der Waals surface area contributed by atoms with E-state index in [9.17, 15) is 4.79 Å². The van der Waals surface area contributed by atoms with Crippen LogP contribution < -0.4 is 5.32 Å². The van der Waals surface area contributed by atoms with E-state index in [1.807, 2.05) is 10.8 Å². The van der Waals surface area contributed by atoms with Crippen LogP contribution in [0.5, 0.6) is 0 Å². The normalized spacial score (nSPS) is 10.5. The van der Waals surface area contributed by atoms with E-state index in [-0.39, 0.29) is 5.91 Å². The van der Waals surface area contributed by atoms with Crippen molar-refractivity contribution in [3.8, 4) is 0 Å². The fourth-order valence-corrected chi connectivity index (χ4v) is 2.36. The molecule has 0 fully saturated rings. The molecular weight excluding hydrogens is 260 g/mol. The Hall–Kier alpha value is -1.40. The van der Waals surface area contributed by atoms with E-state index in [1.165, 1.54) is 11.3 Å². The van der Waals surface area contributed by atoms with Crippen LogP contribution in [0.3, 0.4) is 0 Å². The van der Waals surface area contributed by atoms with Gasteiger partial charge in [-0.15, -0.1) is 5.10 Å². The van der Waals surface area contributed by atoms with Crippen LogP contribution in [-0.2, 0) is 13.6 Å². The van der Waals surface area contributed by atoms with Gasteiger partial charge in [0.25, 0.3) is 5.91 Å². The molecule has 2 heterocycles. The Kier molecular flexibility index (Phi) is 3.44. The van der Waals surface area contributed by atoms with Crippen LogP contribution in [0.1, 0.15) is 21.7 Å². The first-order valence-electron chi connectivity index (χ1n) is 4.94. The highest BCUT2D eigenvalue weighted by Gasteiger charge is 2.14. The van der Waals surface area contributed by atoms with E-state index in [4.69, 9.17) is 11.6 Å². The second kappa shape index (κ2) is 4.85. The largest absolute Gasteiger partial charge is 0.346 e. The zero-order chi connectivity index (χ0) is 12.4. The molecule has 0 aromatic carbocycles. The summed E-state index contributed by atoms with van der Waals surface area (Å²) in [5.74, 6) is -0.238. The topological polar surface area (TPSA) is 59.8 Å². The molecule has 0 aliphatic carbocycles. The third-order valence-electron chi connectivity index (χ3n) is 2.45. The van der Waals surface area contributed by atoms with Crippen molar-refractivity contribution in [3.05, 3.63) is 32.7 Å². The van der Waals surface area contributed by atoms with Crippen molar-refractivity contribution < 1.29 is 4.79 Å². The zero-order valence-corrected chi connectivity index (χ0v) is 11.0. The van der Waals surface area contributed by atoms with E-state index in [0.717, 1.165) is 11.3 Å². The molecule has 0 aliphatic heterocycles. The number of hydrogen-bond donors (Lipinski definition) is 1. The van der Waals surface area contributed by atoms with Crippen LogP contribution in [0.4, 0.5) is 0 Å². The summed E-state index contributed by atoms with van der Waals surface area (Å²) < 4.78 is 1.56. The summed E-state index contributed by atoms with van der Waals surface area (Å²) in [5, 5.41) is 14.8. The molecule has 2 rings (SSSR count). The van der Waals surface area contributed by atoms with Crippen LogP contribution in [0.2, 0.25) is 5.02 Å². The first-order chi connectivity index (χ1) is 8.09. The van der Waals surface area contributed by atoms with Crippen LogP contribution in [-0.4, -0.2) is 20.9 Å². The number of halogens is 1. The number of rotatable bonds is 3. The molecule has 0 saturated carbocycles. The van der Waals surface area contributed by atoms with E-state index >= 15 is 0 Å². The van der Waals surface area contributed by atoms with Gasteiger partial charge in [0.15, 0.2) is 5.69 Å². The van der Waals surface area contributed by atoms with Gasteiger partial charge < -0.3 is 5.32 Å². The number of aryl methyl sites for hydroxylation is 1. The molecule has 90 valence electrons. The number of carbonyl (C=O) groups is 1. The number of carbonyl (C=O) groups excluding carboxylic acids is 1. The molecule has 0 spiro atoms. The monoisotopic (exact) mass is 270 g/mol. The molecule has 0 radical (unpaired) electrons. The van der Waals surface area contributed by atoms with Crippen molar-refractivity contribution in [2.75, 3.05) is 0 Å². The number of thiophene rings is 1. The molecule has 7 heteroatoms. The Morgan fingerprint density at radius 3 is 2.88 bits per heavy atom. The van der Waals surface area contributed by atoms with Crippen LogP contribution in [0.25, 0.3) is 0 Å². The summed E-state index contributed by atoms with van der Waals surface area (Å²) in [5.41, 5.74) is 1.99. The summed E-state index contributed by atoms with van der Waals surface area (Å²) in [7, 11) is 1.74. The van der Waals surface area contributed by atoms with E-state index in [1.54, 1.807) is 18.7 Å². The Morgan fingerprint density at radius 2 is 2.35 bits per heavy atom. The maximum atomic E-state index is 11.8. The van der Waals surface area contributed by atoms with Crippen molar-refractivity contribution in [2.24, 2.45) is 7.05 Å². The predicted molar refractivity (Wildman–Crippen MR) is 66.2 cm³/mol. The molecule has 1 N–H and O–H groups in total. The minimum atomic E-state index is -0.238. The van der Waals surface area contributed by atoms with Crippen molar-refractivity contribution in [1.82, 2.24) is 20.3 Å². The minimum Gasteiger partial charge on any atom is -0.346 e. The number of nitrogens with zero attached hydrogens (tertiary/aromatic N) is 3. The van der Waals surface area contributed by atoms with Gasteiger partial charge in [-0.05, 0) is 12.3 Å². The maximum Gasteiger partial charge on any atom is 0.274 e. The van der Waals surface area contributed by atoms with E-state index < -0.39 is 0 Å². The molecule has 5 nitrogen and oxygen atoms in total. The molecular formula is C10H11ClN4OS. The molecule has 2 aromatic rings. The highest BCUT2D eigenvalue weighted by atomic mass is 35.5. The van der Waals surface area contributed by atoms with E-state index in [0.29, 0.717) is 17.3 Å². The molecule has 0 aliphatic rings. The maximum absolute atomic E-state index is 11.8. The third kappa shape index (κ3) is 2.48. The Morgan fingerprint density at radius 1 is 1.59 bits per heavy atom. The average Bonchev–Trinajstić information content (AvgIpc) is 2.84. The Labute approximate surface area is 107 Å².